The van der Waals surface area contributed by atoms with Gasteiger partial charge < -0.3 is 10.1 Å². The second-order valence-corrected chi connectivity index (χ2v) is 7.51. The zero-order chi connectivity index (χ0) is 17.9. The molecule has 1 N–H and O–H groups in total. The number of methoxy groups -OCH3 is 1. The van der Waals surface area contributed by atoms with E-state index in [1.165, 1.54) is 19.2 Å². The van der Waals surface area contributed by atoms with E-state index in [-0.39, 0.29) is 36.7 Å². The van der Waals surface area contributed by atoms with Crippen LogP contribution in [0.25, 0.3) is 0 Å². The van der Waals surface area contributed by atoms with Crippen LogP contribution in [0.5, 0.6) is 0 Å². The lowest BCUT2D eigenvalue weighted by atomic mass is 10.1. The number of carbonyl (C=O) groups is 1. The number of nitrogens with one attached hydrogen (secondary N) is 1. The third-order valence-electron chi connectivity index (χ3n) is 3.91. The first-order valence-electron chi connectivity index (χ1n) is 7.22. The molecule has 1 fully saturated rings. The Labute approximate surface area is 140 Å². The Bertz CT molecular complexity index is 775. The van der Waals surface area contributed by atoms with Crippen molar-refractivity contribution in [1.29, 1.82) is 5.26 Å². The van der Waals surface area contributed by atoms with Gasteiger partial charge in [-0.25, -0.2) is 12.8 Å². The number of nitrogens with zero attached hydrogens (tertiary/aromatic N) is 2. The van der Waals surface area contributed by atoms with Crippen LogP contribution < -0.4 is 5.32 Å². The summed E-state index contributed by atoms with van der Waals surface area (Å²) in [6.45, 7) is -0.0301. The number of halogens is 1. The molecule has 1 saturated heterocycles. The first-order valence-corrected chi connectivity index (χ1v) is 9.07. The van der Waals surface area contributed by atoms with Gasteiger partial charge in [0.05, 0.1) is 24.0 Å². The molecule has 1 aromatic rings. The van der Waals surface area contributed by atoms with E-state index in [2.05, 4.69) is 5.32 Å². The minimum absolute atomic E-state index is 0.103. The van der Waals surface area contributed by atoms with Crippen LogP contribution >= 0.6 is 0 Å². The number of carbonyl (C=O) groups excluding carboxylic acids is 1. The summed E-state index contributed by atoms with van der Waals surface area (Å²) in [6, 6.07) is 4.83. The van der Waals surface area contributed by atoms with Gasteiger partial charge in [0, 0.05) is 32.2 Å². The molecular formula is C15H18FN3O4S. The molecule has 0 bridgehead atoms. The molecule has 7 nitrogen and oxygen atoms in total. The molecule has 24 heavy (non-hydrogen) atoms. The molecule has 0 unspecified atom stereocenters. The first-order chi connectivity index (χ1) is 11.3. The molecule has 0 radical (unpaired) electrons. The Morgan fingerprint density at radius 2 is 2.25 bits per heavy atom. The second-order valence-electron chi connectivity index (χ2n) is 5.58. The predicted octanol–water partition coefficient (Wildman–Crippen LogP) is 0.362. The number of hydrogen-bond acceptors (Lipinski definition) is 5. The normalized spacial score (nSPS) is 21.4. The van der Waals surface area contributed by atoms with Gasteiger partial charge in [0.15, 0.2) is 0 Å². The lowest BCUT2D eigenvalue weighted by Gasteiger charge is -2.21. The zero-order valence-corrected chi connectivity index (χ0v) is 14.1. The summed E-state index contributed by atoms with van der Waals surface area (Å²) in [5, 5.41) is 11.4. The topological polar surface area (TPSA) is 99.5 Å². The summed E-state index contributed by atoms with van der Waals surface area (Å²) in [5.74, 6) is -1.07. The maximum atomic E-state index is 13.7. The molecule has 1 aliphatic rings. The van der Waals surface area contributed by atoms with Crippen molar-refractivity contribution in [3.8, 4) is 6.07 Å². The number of nitriles is 1. The van der Waals surface area contributed by atoms with Crippen molar-refractivity contribution >= 4 is 15.9 Å². The molecular weight excluding hydrogens is 337 g/mol. The van der Waals surface area contributed by atoms with Crippen molar-refractivity contribution in [2.24, 2.45) is 0 Å². The quantitative estimate of drug-likeness (QED) is 0.822. The average molecular weight is 355 g/mol. The van der Waals surface area contributed by atoms with Crippen LogP contribution in [0.4, 0.5) is 4.39 Å². The summed E-state index contributed by atoms with van der Waals surface area (Å²) in [6.07, 6.45) is 0.895. The van der Waals surface area contributed by atoms with Gasteiger partial charge in [-0.1, -0.05) is 0 Å². The Balaban J connectivity index is 2.10. The number of amides is 1. The van der Waals surface area contributed by atoms with Crippen molar-refractivity contribution in [2.45, 2.75) is 25.1 Å². The van der Waals surface area contributed by atoms with Gasteiger partial charge >= 0.3 is 0 Å². The zero-order valence-electron chi connectivity index (χ0n) is 13.3. The highest BCUT2D eigenvalue weighted by molar-refractivity contribution is 7.88. The molecule has 2 rings (SSSR count). The van der Waals surface area contributed by atoms with Crippen molar-refractivity contribution in [1.82, 2.24) is 9.62 Å². The molecule has 130 valence electrons. The fraction of sp³-hybridized carbons (Fsp3) is 0.467. The van der Waals surface area contributed by atoms with E-state index < -0.39 is 27.8 Å². The van der Waals surface area contributed by atoms with Gasteiger partial charge in [0.25, 0.3) is 0 Å². The van der Waals surface area contributed by atoms with E-state index in [0.29, 0.717) is 0 Å². The largest absolute Gasteiger partial charge is 0.380 e. The second kappa shape index (κ2) is 7.25. The smallest absolute Gasteiger partial charge is 0.238 e. The van der Waals surface area contributed by atoms with E-state index in [9.17, 15) is 17.6 Å². The van der Waals surface area contributed by atoms with Crippen LogP contribution in [0.2, 0.25) is 0 Å². The van der Waals surface area contributed by atoms with Gasteiger partial charge in [-0.05, 0) is 18.2 Å². The Hall–Kier alpha value is -2.02. The van der Waals surface area contributed by atoms with E-state index in [4.69, 9.17) is 10.00 Å². The van der Waals surface area contributed by atoms with Crippen LogP contribution in [0, 0.1) is 17.1 Å². The number of rotatable bonds is 5. The summed E-state index contributed by atoms with van der Waals surface area (Å²) in [7, 11) is -2.11. The summed E-state index contributed by atoms with van der Waals surface area (Å²) >= 11 is 0. The van der Waals surface area contributed by atoms with Gasteiger partial charge in [-0.15, -0.1) is 0 Å². The highest BCUT2D eigenvalue weighted by Gasteiger charge is 2.41. The van der Waals surface area contributed by atoms with Crippen LogP contribution in [0.1, 0.15) is 17.5 Å². The Morgan fingerprint density at radius 3 is 2.83 bits per heavy atom. The number of hydrogen-bond donors (Lipinski definition) is 1. The Morgan fingerprint density at radius 1 is 1.54 bits per heavy atom. The molecule has 0 saturated carbocycles. The maximum Gasteiger partial charge on any atom is 0.238 e. The molecule has 0 aromatic heterocycles. The molecule has 1 heterocycles. The SMILES string of the molecule is CO[C@H]1C[C@H](C(=O)NCc2cc(C#N)ccc2F)N(S(C)(=O)=O)C1. The van der Waals surface area contributed by atoms with Crippen molar-refractivity contribution in [3.05, 3.63) is 35.1 Å². The van der Waals surface area contributed by atoms with E-state index in [0.717, 1.165) is 16.6 Å². The molecule has 9 heteroatoms. The number of sulfonamides is 1. The third-order valence-corrected chi connectivity index (χ3v) is 5.16. The van der Waals surface area contributed by atoms with Crippen LogP contribution in [-0.2, 0) is 26.1 Å². The highest BCUT2D eigenvalue weighted by Crippen LogP contribution is 2.23. The van der Waals surface area contributed by atoms with Gasteiger partial charge in [-0.2, -0.15) is 9.57 Å². The fourth-order valence-corrected chi connectivity index (χ4v) is 3.71. The number of benzene rings is 1. The monoisotopic (exact) mass is 355 g/mol. The fourth-order valence-electron chi connectivity index (χ4n) is 2.62. The number of ether oxygens (including phenoxy) is 1. The molecule has 0 spiro atoms. The third kappa shape index (κ3) is 4.08. The minimum Gasteiger partial charge on any atom is -0.380 e. The average Bonchev–Trinajstić information content (AvgIpc) is 2.98. The lowest BCUT2D eigenvalue weighted by Crippen LogP contribution is -2.45. The van der Waals surface area contributed by atoms with Crippen LogP contribution in [-0.4, -0.2) is 50.7 Å². The van der Waals surface area contributed by atoms with E-state index in [1.807, 2.05) is 6.07 Å². The highest BCUT2D eigenvalue weighted by atomic mass is 32.2. The summed E-state index contributed by atoms with van der Waals surface area (Å²) < 4.78 is 43.6. The molecule has 2 atom stereocenters. The van der Waals surface area contributed by atoms with Gasteiger partial charge in [0.1, 0.15) is 11.9 Å². The van der Waals surface area contributed by atoms with Crippen molar-refractivity contribution in [2.75, 3.05) is 19.9 Å². The summed E-state index contributed by atoms with van der Waals surface area (Å²) in [5.41, 5.74) is 0.438. The first kappa shape index (κ1) is 18.3. The van der Waals surface area contributed by atoms with Crippen molar-refractivity contribution < 1.29 is 22.3 Å². The lowest BCUT2D eigenvalue weighted by molar-refractivity contribution is -0.124. The van der Waals surface area contributed by atoms with Crippen LogP contribution in [0.3, 0.4) is 0 Å². The molecule has 1 aliphatic heterocycles. The standard InChI is InChI=1S/C15H18FN3O4S/c1-23-12-6-14(19(9-12)24(2,21)22)15(20)18-8-11-5-10(7-17)3-4-13(11)16/h3-5,12,14H,6,8-9H2,1-2H3,(H,18,20)/t12-,14+/m0/s1. The molecule has 1 aromatic carbocycles. The van der Waals surface area contributed by atoms with Crippen LogP contribution in [0.15, 0.2) is 18.2 Å². The van der Waals surface area contributed by atoms with Gasteiger partial charge in [-0.3, -0.25) is 4.79 Å². The molecule has 1 amide bonds. The summed E-state index contributed by atoms with van der Waals surface area (Å²) in [4.78, 5) is 12.3. The minimum atomic E-state index is -3.57. The van der Waals surface area contributed by atoms with E-state index in [1.54, 1.807) is 0 Å². The van der Waals surface area contributed by atoms with E-state index >= 15 is 0 Å². The van der Waals surface area contributed by atoms with Crippen molar-refractivity contribution in [3.63, 3.8) is 0 Å². The van der Waals surface area contributed by atoms with Gasteiger partial charge in [0.2, 0.25) is 15.9 Å². The molecule has 0 aliphatic carbocycles. The Kier molecular flexibility index (Phi) is 5.54. The predicted molar refractivity (Wildman–Crippen MR) is 83.7 cm³/mol. The maximum absolute atomic E-state index is 13.7.